The van der Waals surface area contributed by atoms with E-state index in [-0.39, 0.29) is 22.6 Å². The van der Waals surface area contributed by atoms with Crippen LogP contribution >= 0.6 is 30.9 Å². The minimum absolute atomic E-state index is 0.0196. The number of aromatic nitrogens is 1. The van der Waals surface area contributed by atoms with Gasteiger partial charge in [0.15, 0.2) is 0 Å². The number of alkyl halides is 3. The summed E-state index contributed by atoms with van der Waals surface area (Å²) in [6.45, 7) is 11.7. The van der Waals surface area contributed by atoms with Gasteiger partial charge in [-0.05, 0) is 117 Å². The number of rotatable bonds is 17. The van der Waals surface area contributed by atoms with Crippen LogP contribution in [-0.4, -0.2) is 105 Å². The molecule has 9 rings (SSSR count). The number of halogens is 4. The van der Waals surface area contributed by atoms with Crippen LogP contribution in [0.4, 0.5) is 35.9 Å². The maximum absolute atomic E-state index is 14.9. The van der Waals surface area contributed by atoms with Crippen molar-refractivity contribution in [1.29, 1.82) is 0 Å². The van der Waals surface area contributed by atoms with E-state index in [1.54, 1.807) is 24.3 Å². The third-order valence-electron chi connectivity index (χ3n) is 13.6. The molecule has 1 aromatic heterocycles. The first-order chi connectivity index (χ1) is 35.4. The van der Waals surface area contributed by atoms with E-state index in [0.717, 1.165) is 39.2 Å². The van der Waals surface area contributed by atoms with Crippen LogP contribution in [0, 0.1) is 6.92 Å². The van der Waals surface area contributed by atoms with Gasteiger partial charge < -0.3 is 34.1 Å². The Hall–Kier alpha value is -5.88. The fourth-order valence-corrected chi connectivity index (χ4v) is 13.9. The molecule has 3 aliphatic heterocycles. The van der Waals surface area contributed by atoms with Crippen molar-refractivity contribution in [3.05, 3.63) is 150 Å². The molecule has 0 aliphatic carbocycles. The number of sulfone groups is 1. The van der Waals surface area contributed by atoms with Crippen molar-refractivity contribution in [3.63, 3.8) is 0 Å². The predicted molar refractivity (Wildman–Crippen MR) is 289 cm³/mol. The first-order valence-corrected chi connectivity index (χ1v) is 28.7. The summed E-state index contributed by atoms with van der Waals surface area (Å²) in [5, 5.41) is 14.1. The number of hydrogen-bond donors (Lipinski definition) is 2. The van der Waals surface area contributed by atoms with Crippen LogP contribution in [0.25, 0.3) is 22.4 Å². The average molecular weight is 1090 g/mol. The summed E-state index contributed by atoms with van der Waals surface area (Å²) in [6, 6.07) is 35.1. The van der Waals surface area contributed by atoms with Gasteiger partial charge in [0.2, 0.25) is 0 Å². The lowest BCUT2D eigenvalue weighted by molar-refractivity contribution is -0.0435. The zero-order valence-corrected chi connectivity index (χ0v) is 44.3. The molecule has 20 heteroatoms. The number of ether oxygens (including phenoxy) is 1. The maximum Gasteiger partial charge on any atom is 0.501 e. The highest BCUT2D eigenvalue weighted by molar-refractivity contribution is 7.99. The van der Waals surface area contributed by atoms with Crippen molar-refractivity contribution >= 4 is 74.7 Å². The van der Waals surface area contributed by atoms with Crippen molar-refractivity contribution in [2.24, 2.45) is 0 Å². The van der Waals surface area contributed by atoms with Crippen molar-refractivity contribution < 1.29 is 45.3 Å². The van der Waals surface area contributed by atoms with E-state index in [1.165, 1.54) is 41.0 Å². The van der Waals surface area contributed by atoms with Crippen molar-refractivity contribution in [3.8, 4) is 22.4 Å². The van der Waals surface area contributed by atoms with Gasteiger partial charge >= 0.3 is 19.0 Å². The first kappa shape index (κ1) is 53.0. The Morgan fingerprint density at radius 2 is 1.49 bits per heavy atom. The van der Waals surface area contributed by atoms with Crippen molar-refractivity contribution in [1.82, 2.24) is 9.47 Å². The Bertz CT molecular complexity index is 3170. The number of hydrogen-bond acceptors (Lipinski definition) is 11. The van der Waals surface area contributed by atoms with Gasteiger partial charge in [-0.15, -0.1) is 11.8 Å². The van der Waals surface area contributed by atoms with Gasteiger partial charge in [0.1, 0.15) is 11.2 Å². The standard InChI is InChI=1S/C54H57ClF3N6O7PS2/c1-37(2)64-38(3)50(53(65)66)51(52(64)39-12-14-41(55)15-13-39)40-8-7-9-45(34-40)62-26-24-61(25-27-62)43-16-18-44(19-17-43)63-30-33-71-72(63,67)46-20-21-48(49(35-46)74(68,69)54(56,57)58)59-42(22-23-60-28-31-70-32-29-60)36-73-47-10-5-4-6-11-47/h4-21,30,33-35,37,42,59H,22-29,31-32,36H2,1-3H3,(H,65,66)/t42?,72-/m0/s1. The van der Waals surface area contributed by atoms with Crippen molar-refractivity contribution in [2.75, 3.05) is 84.6 Å². The number of piperazine rings is 1. The minimum Gasteiger partial charge on any atom is -0.478 e. The summed E-state index contributed by atoms with van der Waals surface area (Å²) < 4.78 is 99.7. The summed E-state index contributed by atoms with van der Waals surface area (Å²) in [5.74, 6) is -0.576. The molecule has 0 amide bonds. The number of nitrogens with one attached hydrogen (secondary N) is 1. The second kappa shape index (κ2) is 22.1. The third-order valence-corrected chi connectivity index (χ3v) is 18.8. The normalized spacial score (nSPS) is 18.0. The molecule has 0 bridgehead atoms. The molecule has 0 saturated carbocycles. The van der Waals surface area contributed by atoms with Crippen LogP contribution in [0.15, 0.2) is 144 Å². The van der Waals surface area contributed by atoms with E-state index in [9.17, 15) is 36.1 Å². The highest BCUT2D eigenvalue weighted by atomic mass is 35.5. The summed E-state index contributed by atoms with van der Waals surface area (Å²) in [5.41, 5.74) is 0.359. The van der Waals surface area contributed by atoms with Gasteiger partial charge in [0.25, 0.3) is 9.84 Å². The quantitative estimate of drug-likeness (QED) is 0.0663. The molecule has 0 radical (unpaired) electrons. The molecule has 74 heavy (non-hydrogen) atoms. The van der Waals surface area contributed by atoms with Gasteiger partial charge in [0.05, 0.1) is 41.2 Å². The van der Waals surface area contributed by atoms with Crippen LogP contribution in [0.5, 0.6) is 0 Å². The van der Waals surface area contributed by atoms with Crippen LogP contribution in [0.3, 0.4) is 0 Å². The molecule has 1 unspecified atom stereocenters. The number of aromatic carboxylic acids is 1. The predicted octanol–water partition coefficient (Wildman–Crippen LogP) is 11.8. The van der Waals surface area contributed by atoms with Gasteiger partial charge in [0, 0.05) is 102 Å². The zero-order chi connectivity index (χ0) is 52.4. The first-order valence-electron chi connectivity index (χ1n) is 24.3. The highest BCUT2D eigenvalue weighted by Gasteiger charge is 2.49. The van der Waals surface area contributed by atoms with E-state index < -0.39 is 39.8 Å². The van der Waals surface area contributed by atoms with E-state index in [2.05, 4.69) is 24.6 Å². The lowest BCUT2D eigenvalue weighted by Crippen LogP contribution is -2.46. The fraction of sp³-hybridized carbons (Fsp3) is 0.315. The Balaban J connectivity index is 0.925. The largest absolute Gasteiger partial charge is 0.501 e. The molecule has 3 aliphatic rings. The molecule has 2 saturated heterocycles. The smallest absolute Gasteiger partial charge is 0.478 e. The summed E-state index contributed by atoms with van der Waals surface area (Å²) >= 11 is 7.78. The van der Waals surface area contributed by atoms with E-state index in [4.69, 9.17) is 20.9 Å². The fourth-order valence-electron chi connectivity index (χ4n) is 9.86. The van der Waals surface area contributed by atoms with E-state index >= 15 is 0 Å². The number of thioether (sulfide) groups is 1. The van der Waals surface area contributed by atoms with Gasteiger partial charge in [-0.25, -0.2) is 17.8 Å². The summed E-state index contributed by atoms with van der Waals surface area (Å²) in [4.78, 5) is 19.5. The number of morpholine rings is 1. The van der Waals surface area contributed by atoms with Crippen LogP contribution < -0.4 is 25.1 Å². The Labute approximate surface area is 438 Å². The second-order valence-corrected chi connectivity index (χ2v) is 24.2. The molecule has 4 heterocycles. The molecule has 5 aromatic carbocycles. The third kappa shape index (κ3) is 11.1. The summed E-state index contributed by atoms with van der Waals surface area (Å²) in [6.07, 6.45) is 3.12. The average Bonchev–Trinajstić information content (AvgIpc) is 3.95. The molecule has 390 valence electrons. The molecule has 2 fully saturated rings. The number of carboxylic acids is 1. The minimum atomic E-state index is -5.94. The Morgan fingerprint density at radius 3 is 2.14 bits per heavy atom. The molecule has 6 aromatic rings. The van der Waals surface area contributed by atoms with Gasteiger partial charge in [-0.2, -0.15) is 13.2 Å². The summed E-state index contributed by atoms with van der Waals surface area (Å²) in [7, 11) is -10.2. The SMILES string of the molecule is Cc1c(C(=O)O)c(-c2cccc(N3CCN(c4ccc(N5C=CO[P@@]5(=O)c5ccc(NC(CCN6CCOCC6)CSc6ccccc6)c(S(=O)(=O)C(F)(F)F)c5)cc4)CC3)c2)c(-c2ccc(Cl)cc2)n1C(C)C. The number of carboxylic acid groups (broad SMARTS) is 1. The molecule has 2 N–H and O–H groups in total. The lowest BCUT2D eigenvalue weighted by atomic mass is 9.96. The Morgan fingerprint density at radius 1 is 0.824 bits per heavy atom. The number of carbonyl (C=O) groups is 1. The number of anilines is 4. The van der Waals surface area contributed by atoms with Gasteiger partial charge in [-0.1, -0.05) is 54.1 Å². The molecule has 0 spiro atoms. The highest BCUT2D eigenvalue weighted by Crippen LogP contribution is 2.57. The number of nitrogens with zero attached hydrogens (tertiary/aromatic N) is 5. The van der Waals surface area contributed by atoms with Crippen LogP contribution in [-0.2, 0) is 23.7 Å². The monoisotopic (exact) mass is 1090 g/mol. The van der Waals surface area contributed by atoms with Crippen LogP contribution in [0.2, 0.25) is 5.02 Å². The van der Waals surface area contributed by atoms with Gasteiger partial charge in [-0.3, -0.25) is 9.57 Å². The van der Waals surface area contributed by atoms with E-state index in [0.29, 0.717) is 93.2 Å². The van der Waals surface area contributed by atoms with E-state index in [1.807, 2.05) is 99.6 Å². The Kier molecular flexibility index (Phi) is 15.8. The zero-order valence-electron chi connectivity index (χ0n) is 41.0. The second-order valence-electron chi connectivity index (χ2n) is 18.6. The maximum atomic E-state index is 14.9. The topological polar surface area (TPSA) is 137 Å². The molecular weight excluding hydrogens is 1030 g/mol. The molecule has 13 nitrogen and oxygen atoms in total. The molecular formula is C54H57ClF3N6O7PS2. The molecule has 2 atom stereocenters. The van der Waals surface area contributed by atoms with Crippen molar-refractivity contribution in [2.45, 2.75) is 54.6 Å². The van der Waals surface area contributed by atoms with Crippen LogP contribution in [0.1, 0.15) is 42.4 Å². The number of benzene rings is 5. The lowest BCUT2D eigenvalue weighted by Gasteiger charge is -2.37.